The summed E-state index contributed by atoms with van der Waals surface area (Å²) < 4.78 is 143. The molecular formula is C87H142F2N10O29. The summed E-state index contributed by atoms with van der Waals surface area (Å²) in [5, 5.41) is 18.4. The summed E-state index contributed by atoms with van der Waals surface area (Å²) in [7, 11) is 0. The second-order valence-electron chi connectivity index (χ2n) is 30.0. The maximum atomic E-state index is 15.4. The first-order chi connectivity index (χ1) is 62.1. The number of halogens is 2. The molecule has 2 aromatic carbocycles. The number of aliphatic hydroxyl groups is 1. The van der Waals surface area contributed by atoms with Crippen LogP contribution in [-0.2, 0) is 135 Å². The van der Waals surface area contributed by atoms with Gasteiger partial charge < -0.3 is 142 Å². The maximum absolute atomic E-state index is 15.4. The molecule has 728 valence electrons. The third-order valence-electron chi connectivity index (χ3n) is 18.6. The summed E-state index contributed by atoms with van der Waals surface area (Å²) in [6.07, 6.45) is 4.09. The highest BCUT2D eigenvalue weighted by atomic mass is 19.1. The van der Waals surface area contributed by atoms with Crippen LogP contribution < -0.4 is 27.4 Å². The van der Waals surface area contributed by atoms with Crippen molar-refractivity contribution in [2.45, 2.75) is 91.4 Å². The van der Waals surface area contributed by atoms with Crippen LogP contribution in [0.4, 0.5) is 13.6 Å². The van der Waals surface area contributed by atoms with Crippen molar-refractivity contribution < 1.29 is 147 Å². The molecule has 0 spiro atoms. The van der Waals surface area contributed by atoms with Crippen molar-refractivity contribution in [1.82, 2.24) is 40.2 Å². The normalized spacial score (nSPS) is 13.0. The highest BCUT2D eigenvalue weighted by Crippen LogP contribution is 2.40. The molecule has 2 heterocycles. The zero-order chi connectivity index (χ0) is 92.7. The van der Waals surface area contributed by atoms with Crippen LogP contribution in [0.3, 0.4) is 0 Å². The largest absolute Gasteiger partial charge is 0.387 e. The minimum absolute atomic E-state index is 0.00165. The summed E-state index contributed by atoms with van der Waals surface area (Å²) in [5.41, 5.74) is 11.4. The number of benzene rings is 2. The van der Waals surface area contributed by atoms with Gasteiger partial charge in [0.15, 0.2) is 0 Å². The fourth-order valence-electron chi connectivity index (χ4n) is 12.3. The molecule has 8 N–H and O–H groups in total. The first-order valence-corrected chi connectivity index (χ1v) is 43.9. The molecule has 9 amide bonds. The second-order valence-corrected chi connectivity index (χ2v) is 30.0. The van der Waals surface area contributed by atoms with Gasteiger partial charge in [-0.05, 0) is 54.4 Å². The lowest BCUT2D eigenvalue weighted by molar-refractivity contribution is -0.144. The van der Waals surface area contributed by atoms with Gasteiger partial charge in [-0.15, -0.1) is 0 Å². The van der Waals surface area contributed by atoms with Crippen molar-refractivity contribution in [1.29, 1.82) is 0 Å². The highest BCUT2D eigenvalue weighted by molar-refractivity contribution is 6.13. The summed E-state index contributed by atoms with van der Waals surface area (Å²) in [4.78, 5) is 111. The van der Waals surface area contributed by atoms with Crippen molar-refractivity contribution in [2.24, 2.45) is 22.8 Å². The quantitative estimate of drug-likeness (QED) is 0.0349. The zero-order valence-corrected chi connectivity index (χ0v) is 75.5. The number of nitrogens with one attached hydrogen (secondary N) is 3. The molecule has 41 heteroatoms. The van der Waals surface area contributed by atoms with Gasteiger partial charge >= 0.3 is 6.03 Å². The van der Waals surface area contributed by atoms with Crippen LogP contribution >= 0.6 is 0 Å². The molecule has 3 atom stereocenters. The Labute approximate surface area is 750 Å². The van der Waals surface area contributed by atoms with E-state index in [0.717, 1.165) is 28.7 Å². The Balaban J connectivity index is 0.878. The molecule has 1 aliphatic rings. The monoisotopic (exact) mass is 1830 g/mol. The van der Waals surface area contributed by atoms with Crippen molar-refractivity contribution in [2.75, 3.05) is 304 Å². The van der Waals surface area contributed by atoms with Gasteiger partial charge in [-0.1, -0.05) is 65.0 Å². The number of nitrogens with zero attached hydrogens (tertiary/aromatic N) is 5. The molecule has 1 aliphatic heterocycles. The Morgan fingerprint density at radius 1 is 0.477 bits per heavy atom. The van der Waals surface area contributed by atoms with Crippen molar-refractivity contribution in [3.05, 3.63) is 89.9 Å². The van der Waals surface area contributed by atoms with Gasteiger partial charge in [0.05, 0.1) is 276 Å². The number of aromatic nitrogens is 2. The third-order valence-corrected chi connectivity index (χ3v) is 18.6. The van der Waals surface area contributed by atoms with E-state index < -0.39 is 89.2 Å². The summed E-state index contributed by atoms with van der Waals surface area (Å²) in [6.45, 7) is 24.4. The van der Waals surface area contributed by atoms with Gasteiger partial charge in [-0.3, -0.25) is 38.5 Å². The van der Waals surface area contributed by atoms with E-state index in [4.69, 9.17) is 111 Å². The van der Waals surface area contributed by atoms with Crippen LogP contribution in [0.15, 0.2) is 66.9 Å². The maximum Gasteiger partial charge on any atom is 0.312 e. The molecule has 0 bridgehead atoms. The molecule has 0 radical (unpaired) electrons. The Kier molecular flexibility index (Phi) is 64.0. The number of imide groups is 1. The Bertz CT molecular complexity index is 3470. The van der Waals surface area contributed by atoms with Crippen molar-refractivity contribution in [3.8, 4) is 11.3 Å². The molecule has 0 saturated carbocycles. The molecule has 0 saturated heterocycles. The summed E-state index contributed by atoms with van der Waals surface area (Å²) >= 11 is 0. The number of rotatable bonds is 85. The number of hydrogen-bond donors (Lipinski definition) is 6. The van der Waals surface area contributed by atoms with Crippen molar-refractivity contribution in [3.63, 3.8) is 0 Å². The number of aliphatic hydroxyl groups excluding tert-OH is 1. The van der Waals surface area contributed by atoms with Crippen LogP contribution in [0.2, 0.25) is 0 Å². The number of nitrogens with two attached hydrogens (primary N) is 2. The van der Waals surface area contributed by atoms with Gasteiger partial charge in [-0.25, -0.2) is 18.6 Å². The molecule has 4 rings (SSSR count). The Hall–Kier alpha value is -7.83. The second kappa shape index (κ2) is 72.8. The molecular weight excluding hydrogens is 1690 g/mol. The predicted octanol–water partition coefficient (Wildman–Crippen LogP) is 2.60. The average Bonchev–Trinajstić information content (AvgIpc) is 1.61. The van der Waals surface area contributed by atoms with Crippen LogP contribution in [0.25, 0.3) is 11.3 Å². The number of ether oxygens (including phenoxy) is 20. The standard InChI is InChI=1S/C87H142F2N10O29/c1-69(2)81(85(107)97(75(83(90)106)13-9-20-93-86(91)108)22-10-23-99(80(105)68-100)82(87(3,4)5)84-94-74(72-65-71(88)14-15-73(72)89)67-96(84)66-70-11-7-6-8-12-70)95-77(102)19-25-109-27-29-111-31-33-113-35-37-115-39-41-117-43-45-119-47-49-121-51-53-123-55-57-125-59-61-127-63-64-128-62-60-126-58-56-124-54-52-122-50-48-120-46-44-118-42-40-116-38-36-114-34-32-112-30-28-110-26-21-92-76(101)18-24-98-78(103)16-17-79(98)104/h6-8,11-12,14-17,65,67,69,75,81-82,100H,9-10,13,18-64,66,68H2,1-5H3,(H2,90,106)(H,92,101)(H,95,102)(H3,91,93,108)/t75-,81-,82-/m0/s1. The van der Waals surface area contributed by atoms with Crippen LogP contribution in [-0.4, -0.2) is 392 Å². The Morgan fingerprint density at radius 2 is 0.859 bits per heavy atom. The molecule has 0 fully saturated rings. The molecule has 0 aliphatic carbocycles. The van der Waals surface area contributed by atoms with E-state index in [1.807, 2.05) is 51.1 Å². The highest BCUT2D eigenvalue weighted by Gasteiger charge is 2.40. The SMILES string of the molecule is CC(C)[C@H](NC(=O)CCOCCOCCOCCOCCOCCOCCOCCOCCOCCOCCOCCOCCOCCOCCOCCOCCOCCOCCOCCOCCNC(=O)CCN1C(=O)C=CC1=O)C(=O)N(CCCN(C(=O)CO)[C@@H](c1nc(-c2cc(F)ccc2F)cn1Cc1ccccc1)C(C)(C)C)[C@@H](CCCNC(N)=O)C(N)=O. The summed E-state index contributed by atoms with van der Waals surface area (Å²) in [6, 6.07) is 8.30. The fraction of sp³-hybridized carbons (Fsp3) is 0.713. The number of amides is 9. The predicted molar refractivity (Wildman–Crippen MR) is 462 cm³/mol. The van der Waals surface area contributed by atoms with Crippen LogP contribution in [0, 0.1) is 23.0 Å². The molecule has 0 unspecified atom stereocenters. The van der Waals surface area contributed by atoms with E-state index in [0.29, 0.717) is 257 Å². The van der Waals surface area contributed by atoms with E-state index in [-0.39, 0.29) is 102 Å². The minimum Gasteiger partial charge on any atom is -0.387 e. The smallest absolute Gasteiger partial charge is 0.312 e. The molecule has 39 nitrogen and oxygen atoms in total. The van der Waals surface area contributed by atoms with E-state index >= 15 is 4.39 Å². The zero-order valence-electron chi connectivity index (χ0n) is 75.5. The van der Waals surface area contributed by atoms with Gasteiger partial charge in [-0.2, -0.15) is 0 Å². The van der Waals surface area contributed by atoms with E-state index in [9.17, 15) is 47.9 Å². The number of imidazole rings is 1. The number of primary amides is 2. The lowest BCUT2D eigenvalue weighted by Crippen LogP contribution is -2.57. The number of hydrogen-bond acceptors (Lipinski definition) is 30. The number of carbonyl (C=O) groups excluding carboxylic acids is 8. The molecule has 128 heavy (non-hydrogen) atoms. The third kappa shape index (κ3) is 53.5. The van der Waals surface area contributed by atoms with Crippen molar-refractivity contribution >= 4 is 47.4 Å². The molecule has 3 aromatic rings. The van der Waals surface area contributed by atoms with Gasteiger partial charge in [0.2, 0.25) is 29.5 Å². The first kappa shape index (κ1) is 112. The van der Waals surface area contributed by atoms with E-state index in [1.54, 1.807) is 24.6 Å². The number of urea groups is 1. The first-order valence-electron chi connectivity index (χ1n) is 43.9. The fourth-order valence-corrected chi connectivity index (χ4v) is 12.3. The van der Waals surface area contributed by atoms with Crippen LogP contribution in [0.5, 0.6) is 0 Å². The average molecular weight is 1830 g/mol. The van der Waals surface area contributed by atoms with Gasteiger partial charge in [0.1, 0.15) is 36.1 Å². The topological polar surface area (TPSA) is 457 Å². The lowest BCUT2D eigenvalue weighted by Gasteiger charge is -2.40. The van der Waals surface area contributed by atoms with Crippen LogP contribution in [0.1, 0.15) is 84.2 Å². The minimum atomic E-state index is -1.24. The van der Waals surface area contributed by atoms with Gasteiger partial charge in [0.25, 0.3) is 11.8 Å². The summed E-state index contributed by atoms with van der Waals surface area (Å²) in [5.74, 6) is -5.35. The van der Waals surface area contributed by atoms with Gasteiger partial charge in [0, 0.05) is 76.0 Å². The number of carbonyl (C=O) groups is 8. The lowest BCUT2D eigenvalue weighted by atomic mass is 9.84. The molecule has 1 aromatic heterocycles. The van der Waals surface area contributed by atoms with E-state index in [2.05, 4.69) is 16.0 Å². The van der Waals surface area contributed by atoms with E-state index in [1.165, 1.54) is 22.0 Å². The Morgan fingerprint density at radius 3 is 1.23 bits per heavy atom.